The fourth-order valence-electron chi connectivity index (χ4n) is 3.45. The molecule has 1 aliphatic heterocycles. The lowest BCUT2D eigenvalue weighted by Crippen LogP contribution is -2.47. The highest BCUT2D eigenvalue weighted by Gasteiger charge is 2.24. The highest BCUT2D eigenvalue weighted by atomic mass is 15.3. The molecular formula is C19H26N8. The van der Waals surface area contributed by atoms with Gasteiger partial charge in [-0.25, -0.2) is 24.9 Å². The minimum atomic E-state index is 0.0103. The van der Waals surface area contributed by atoms with E-state index in [1.165, 1.54) is 0 Å². The number of hydrogen-bond acceptors (Lipinski definition) is 7. The van der Waals surface area contributed by atoms with Crippen LogP contribution in [0.15, 0.2) is 18.7 Å². The molecule has 1 saturated heterocycles. The van der Waals surface area contributed by atoms with Gasteiger partial charge in [0.1, 0.15) is 23.5 Å². The van der Waals surface area contributed by atoms with Crippen LogP contribution in [0.25, 0.3) is 11.2 Å². The second-order valence-corrected chi connectivity index (χ2v) is 8.11. The first-order chi connectivity index (χ1) is 12.8. The highest BCUT2D eigenvalue weighted by Crippen LogP contribution is 2.26. The molecule has 1 fully saturated rings. The fourth-order valence-corrected chi connectivity index (χ4v) is 3.45. The van der Waals surface area contributed by atoms with Gasteiger partial charge in [-0.1, -0.05) is 20.8 Å². The summed E-state index contributed by atoms with van der Waals surface area (Å²) in [4.78, 5) is 27.1. The number of imidazole rings is 1. The van der Waals surface area contributed by atoms with Gasteiger partial charge in [-0.15, -0.1) is 0 Å². The number of hydrogen-bond donors (Lipinski definition) is 0. The van der Waals surface area contributed by atoms with E-state index in [-0.39, 0.29) is 5.41 Å². The number of rotatable bonds is 2. The van der Waals surface area contributed by atoms with Crippen molar-refractivity contribution in [2.75, 3.05) is 36.0 Å². The lowest BCUT2D eigenvalue weighted by atomic mass is 9.92. The van der Waals surface area contributed by atoms with Crippen molar-refractivity contribution in [2.24, 2.45) is 7.05 Å². The van der Waals surface area contributed by atoms with Crippen LogP contribution in [0.4, 0.5) is 11.6 Å². The van der Waals surface area contributed by atoms with Crippen LogP contribution < -0.4 is 9.80 Å². The van der Waals surface area contributed by atoms with Crippen molar-refractivity contribution in [1.29, 1.82) is 0 Å². The minimum absolute atomic E-state index is 0.0103. The third-order valence-corrected chi connectivity index (χ3v) is 4.99. The number of aromatic nitrogens is 6. The molecular weight excluding hydrogens is 340 g/mol. The second-order valence-electron chi connectivity index (χ2n) is 8.11. The quantitative estimate of drug-likeness (QED) is 0.687. The van der Waals surface area contributed by atoms with Gasteiger partial charge in [0.15, 0.2) is 11.5 Å². The van der Waals surface area contributed by atoms with Gasteiger partial charge in [-0.05, 0) is 6.92 Å². The number of piperazine rings is 1. The van der Waals surface area contributed by atoms with Crippen LogP contribution in [0, 0.1) is 6.92 Å². The Morgan fingerprint density at radius 2 is 1.63 bits per heavy atom. The predicted molar refractivity (Wildman–Crippen MR) is 106 cm³/mol. The Balaban J connectivity index is 1.56. The van der Waals surface area contributed by atoms with Gasteiger partial charge in [-0.3, -0.25) is 0 Å². The minimum Gasteiger partial charge on any atom is -0.353 e. The lowest BCUT2D eigenvalue weighted by molar-refractivity contribution is 0.561. The fraction of sp³-hybridized carbons (Fsp3) is 0.526. The molecule has 0 atom stereocenters. The first-order valence-electron chi connectivity index (χ1n) is 9.31. The molecule has 4 rings (SSSR count). The molecule has 4 heterocycles. The van der Waals surface area contributed by atoms with Crippen LogP contribution >= 0.6 is 0 Å². The average molecular weight is 366 g/mol. The van der Waals surface area contributed by atoms with Crippen LogP contribution in [-0.2, 0) is 12.5 Å². The zero-order chi connectivity index (χ0) is 19.2. The molecule has 0 saturated carbocycles. The molecule has 8 heteroatoms. The maximum absolute atomic E-state index is 4.68. The maximum Gasteiger partial charge on any atom is 0.182 e. The molecule has 0 spiro atoms. The summed E-state index contributed by atoms with van der Waals surface area (Å²) in [5, 5.41) is 0. The smallest absolute Gasteiger partial charge is 0.182 e. The Labute approximate surface area is 159 Å². The Morgan fingerprint density at radius 3 is 2.33 bits per heavy atom. The SMILES string of the molecule is Cc1nc(N2CCN(c3ncnc4ncn(C)c34)CC2)cc(C(C)(C)C)n1. The largest absolute Gasteiger partial charge is 0.353 e. The van der Waals surface area contributed by atoms with E-state index < -0.39 is 0 Å². The van der Waals surface area contributed by atoms with Crippen LogP contribution in [0.2, 0.25) is 0 Å². The van der Waals surface area contributed by atoms with Crippen molar-refractivity contribution < 1.29 is 0 Å². The summed E-state index contributed by atoms with van der Waals surface area (Å²) in [7, 11) is 1.98. The van der Waals surface area contributed by atoms with Gasteiger partial charge in [0, 0.05) is 44.7 Å². The predicted octanol–water partition coefficient (Wildman–Crippen LogP) is 2.09. The molecule has 8 nitrogen and oxygen atoms in total. The van der Waals surface area contributed by atoms with Crippen molar-refractivity contribution in [1.82, 2.24) is 29.5 Å². The van der Waals surface area contributed by atoms with E-state index in [9.17, 15) is 0 Å². The average Bonchev–Trinajstić information content (AvgIpc) is 3.02. The number of aryl methyl sites for hydroxylation is 2. The van der Waals surface area contributed by atoms with Gasteiger partial charge in [-0.2, -0.15) is 0 Å². The van der Waals surface area contributed by atoms with E-state index in [0.717, 1.165) is 60.5 Å². The molecule has 0 N–H and O–H groups in total. The molecule has 1 aliphatic rings. The van der Waals surface area contributed by atoms with Crippen molar-refractivity contribution in [3.63, 3.8) is 0 Å². The van der Waals surface area contributed by atoms with Gasteiger partial charge in [0.25, 0.3) is 0 Å². The van der Waals surface area contributed by atoms with Crippen LogP contribution in [0.5, 0.6) is 0 Å². The molecule has 0 aliphatic carbocycles. The Hall–Kier alpha value is -2.77. The molecule has 3 aromatic heterocycles. The van der Waals surface area contributed by atoms with Crippen molar-refractivity contribution >= 4 is 22.8 Å². The number of fused-ring (bicyclic) bond motifs is 1. The van der Waals surface area contributed by atoms with Crippen molar-refractivity contribution in [3.05, 3.63) is 30.2 Å². The molecule has 0 bridgehead atoms. The van der Waals surface area contributed by atoms with Gasteiger partial charge >= 0.3 is 0 Å². The van der Waals surface area contributed by atoms with E-state index in [1.54, 1.807) is 12.7 Å². The summed E-state index contributed by atoms with van der Waals surface area (Å²) in [6.07, 6.45) is 3.39. The van der Waals surface area contributed by atoms with Crippen molar-refractivity contribution in [3.8, 4) is 0 Å². The summed E-state index contributed by atoms with van der Waals surface area (Å²) in [6.45, 7) is 12.1. The van der Waals surface area contributed by atoms with Gasteiger partial charge in [0.05, 0.1) is 12.0 Å². The Kier molecular flexibility index (Phi) is 4.20. The third-order valence-electron chi connectivity index (χ3n) is 4.99. The number of nitrogens with zero attached hydrogens (tertiary/aromatic N) is 8. The summed E-state index contributed by atoms with van der Waals surface area (Å²) >= 11 is 0. The van der Waals surface area contributed by atoms with E-state index in [4.69, 9.17) is 0 Å². The van der Waals surface area contributed by atoms with E-state index in [2.05, 4.69) is 61.6 Å². The van der Waals surface area contributed by atoms with Crippen molar-refractivity contribution in [2.45, 2.75) is 33.1 Å². The summed E-state index contributed by atoms with van der Waals surface area (Å²) in [5.41, 5.74) is 2.82. The molecule has 142 valence electrons. The molecule has 0 aromatic carbocycles. The summed E-state index contributed by atoms with van der Waals surface area (Å²) in [6, 6.07) is 2.13. The monoisotopic (exact) mass is 366 g/mol. The number of anilines is 2. The summed E-state index contributed by atoms with van der Waals surface area (Å²) in [5.74, 6) is 2.79. The molecule has 0 amide bonds. The summed E-state index contributed by atoms with van der Waals surface area (Å²) < 4.78 is 1.99. The lowest BCUT2D eigenvalue weighted by Gasteiger charge is -2.36. The van der Waals surface area contributed by atoms with Crippen LogP contribution in [-0.4, -0.2) is 55.7 Å². The zero-order valence-corrected chi connectivity index (χ0v) is 16.6. The molecule has 3 aromatic rings. The third kappa shape index (κ3) is 3.31. The second kappa shape index (κ2) is 6.44. The topological polar surface area (TPSA) is 75.9 Å². The first kappa shape index (κ1) is 17.6. The van der Waals surface area contributed by atoms with E-state index in [1.807, 2.05) is 18.5 Å². The maximum atomic E-state index is 4.68. The van der Waals surface area contributed by atoms with Gasteiger partial charge in [0.2, 0.25) is 0 Å². The Bertz CT molecular complexity index is 963. The Morgan fingerprint density at radius 1 is 0.926 bits per heavy atom. The normalized spacial score (nSPS) is 15.6. The van der Waals surface area contributed by atoms with E-state index in [0.29, 0.717) is 0 Å². The standard InChI is InChI=1S/C19H26N8/c1-13-23-14(19(2,3)4)10-15(24-13)26-6-8-27(9-7-26)18-16-17(20-11-21-18)22-12-25(16)5/h10-12H,6-9H2,1-5H3. The first-order valence-corrected chi connectivity index (χ1v) is 9.31. The molecule has 27 heavy (non-hydrogen) atoms. The zero-order valence-electron chi connectivity index (χ0n) is 16.6. The molecule has 0 radical (unpaired) electrons. The molecule has 0 unspecified atom stereocenters. The van der Waals surface area contributed by atoms with Crippen LogP contribution in [0.1, 0.15) is 32.3 Å². The highest BCUT2D eigenvalue weighted by molar-refractivity contribution is 5.83. The van der Waals surface area contributed by atoms with E-state index >= 15 is 0 Å². The van der Waals surface area contributed by atoms with Crippen LogP contribution in [0.3, 0.4) is 0 Å². The van der Waals surface area contributed by atoms with Gasteiger partial charge < -0.3 is 14.4 Å².